The lowest BCUT2D eigenvalue weighted by atomic mass is 10.2. The normalized spacial score (nSPS) is 13.5. The first-order chi connectivity index (χ1) is 11.7. The molecule has 0 radical (unpaired) electrons. The van der Waals surface area contributed by atoms with E-state index >= 15 is 0 Å². The van der Waals surface area contributed by atoms with E-state index in [1.807, 2.05) is 54.6 Å². The number of benzene rings is 2. The molecule has 130 valence electrons. The van der Waals surface area contributed by atoms with Crippen LogP contribution in [0.4, 0.5) is 0 Å². The second kappa shape index (κ2) is 10.1. The van der Waals surface area contributed by atoms with E-state index in [4.69, 9.17) is 14.2 Å². The van der Waals surface area contributed by atoms with E-state index < -0.39 is 12.2 Å². The summed E-state index contributed by atoms with van der Waals surface area (Å²) >= 11 is 0. The lowest BCUT2D eigenvalue weighted by Gasteiger charge is -2.22. The second-order valence-corrected chi connectivity index (χ2v) is 5.45. The van der Waals surface area contributed by atoms with Gasteiger partial charge in [-0.1, -0.05) is 42.5 Å². The zero-order valence-electron chi connectivity index (χ0n) is 13.8. The van der Waals surface area contributed by atoms with Gasteiger partial charge in [0.05, 0.1) is 33.5 Å². The molecule has 0 saturated heterocycles. The summed E-state index contributed by atoms with van der Waals surface area (Å²) in [5, 5.41) is 19.1. The number of ether oxygens (including phenoxy) is 3. The molecule has 0 aromatic heterocycles. The summed E-state index contributed by atoms with van der Waals surface area (Å²) in [7, 11) is 1.62. The van der Waals surface area contributed by atoms with Gasteiger partial charge in [-0.3, -0.25) is 0 Å². The third-order valence-corrected chi connectivity index (χ3v) is 3.63. The summed E-state index contributed by atoms with van der Waals surface area (Å²) < 4.78 is 16.4. The SMILES string of the molecule is COc1ccc(COC[C@@H](OCc2ccccc2)[C@H](O)CO)cc1. The van der Waals surface area contributed by atoms with Crippen LogP contribution >= 0.6 is 0 Å². The fourth-order valence-corrected chi connectivity index (χ4v) is 2.18. The van der Waals surface area contributed by atoms with E-state index in [0.29, 0.717) is 13.2 Å². The lowest BCUT2D eigenvalue weighted by Crippen LogP contribution is -2.36. The van der Waals surface area contributed by atoms with Gasteiger partial charge in [0, 0.05) is 0 Å². The molecule has 0 aliphatic rings. The predicted octanol–water partition coefficient (Wildman–Crippen LogP) is 2.15. The Labute approximate surface area is 142 Å². The molecule has 0 unspecified atom stereocenters. The van der Waals surface area contributed by atoms with Gasteiger partial charge in [-0.05, 0) is 23.3 Å². The van der Waals surface area contributed by atoms with Gasteiger partial charge in [-0.15, -0.1) is 0 Å². The molecule has 2 rings (SSSR count). The highest BCUT2D eigenvalue weighted by atomic mass is 16.5. The summed E-state index contributed by atoms with van der Waals surface area (Å²) in [5.41, 5.74) is 2.00. The smallest absolute Gasteiger partial charge is 0.118 e. The Morgan fingerprint density at radius 1 is 0.917 bits per heavy atom. The maximum Gasteiger partial charge on any atom is 0.118 e. The minimum Gasteiger partial charge on any atom is -0.497 e. The molecule has 2 atom stereocenters. The van der Waals surface area contributed by atoms with Crippen molar-refractivity contribution in [3.8, 4) is 5.75 Å². The maximum absolute atomic E-state index is 9.89. The Kier molecular flexibility index (Phi) is 7.71. The van der Waals surface area contributed by atoms with Crippen LogP contribution in [0.1, 0.15) is 11.1 Å². The number of hydrogen-bond donors (Lipinski definition) is 2. The molecule has 0 bridgehead atoms. The topological polar surface area (TPSA) is 68.2 Å². The average molecular weight is 332 g/mol. The van der Waals surface area contributed by atoms with E-state index in [2.05, 4.69) is 0 Å². The second-order valence-electron chi connectivity index (χ2n) is 5.45. The first kappa shape index (κ1) is 18.4. The predicted molar refractivity (Wildman–Crippen MR) is 90.8 cm³/mol. The fraction of sp³-hybridized carbons (Fsp3) is 0.368. The van der Waals surface area contributed by atoms with Crippen molar-refractivity contribution >= 4 is 0 Å². The quantitative estimate of drug-likeness (QED) is 0.698. The number of methoxy groups -OCH3 is 1. The number of aliphatic hydroxyl groups is 2. The van der Waals surface area contributed by atoms with Crippen LogP contribution in [-0.4, -0.2) is 42.7 Å². The summed E-state index contributed by atoms with van der Waals surface area (Å²) in [6.07, 6.45) is -1.57. The van der Waals surface area contributed by atoms with Crippen molar-refractivity contribution in [3.63, 3.8) is 0 Å². The molecule has 2 N–H and O–H groups in total. The molecule has 0 saturated carbocycles. The zero-order valence-corrected chi connectivity index (χ0v) is 13.8. The summed E-state index contributed by atoms with van der Waals surface area (Å²) in [6.45, 7) is 0.577. The van der Waals surface area contributed by atoms with E-state index in [9.17, 15) is 10.2 Å². The van der Waals surface area contributed by atoms with Crippen LogP contribution in [0.5, 0.6) is 5.75 Å². The van der Waals surface area contributed by atoms with E-state index in [1.54, 1.807) is 7.11 Å². The molecule has 0 aliphatic heterocycles. The highest BCUT2D eigenvalue weighted by Gasteiger charge is 2.19. The summed E-state index contributed by atoms with van der Waals surface area (Å²) in [5.74, 6) is 0.790. The van der Waals surface area contributed by atoms with Crippen LogP contribution in [-0.2, 0) is 22.7 Å². The highest BCUT2D eigenvalue weighted by Crippen LogP contribution is 2.13. The van der Waals surface area contributed by atoms with E-state index in [-0.39, 0.29) is 13.2 Å². The van der Waals surface area contributed by atoms with Gasteiger partial charge in [-0.2, -0.15) is 0 Å². The first-order valence-corrected chi connectivity index (χ1v) is 7.88. The molecule has 0 spiro atoms. The van der Waals surface area contributed by atoms with Gasteiger partial charge >= 0.3 is 0 Å². The van der Waals surface area contributed by atoms with Crippen LogP contribution in [0.3, 0.4) is 0 Å². The van der Waals surface area contributed by atoms with Crippen molar-refractivity contribution in [2.75, 3.05) is 20.3 Å². The fourth-order valence-electron chi connectivity index (χ4n) is 2.18. The summed E-state index contributed by atoms with van der Waals surface area (Å²) in [4.78, 5) is 0. The zero-order chi connectivity index (χ0) is 17.2. The Balaban J connectivity index is 1.81. The molecule has 0 fully saturated rings. The third kappa shape index (κ3) is 5.94. The minimum atomic E-state index is -0.982. The Bertz CT molecular complexity index is 570. The van der Waals surface area contributed by atoms with Crippen LogP contribution < -0.4 is 4.74 Å². The molecule has 0 amide bonds. The van der Waals surface area contributed by atoms with E-state index in [0.717, 1.165) is 16.9 Å². The maximum atomic E-state index is 9.89. The van der Waals surface area contributed by atoms with Crippen LogP contribution in [0.25, 0.3) is 0 Å². The molecular formula is C19H24O5. The molecule has 5 heteroatoms. The Hall–Kier alpha value is -1.92. The van der Waals surface area contributed by atoms with Gasteiger partial charge in [0.15, 0.2) is 0 Å². The number of rotatable bonds is 10. The Morgan fingerprint density at radius 2 is 1.58 bits per heavy atom. The number of hydrogen-bond acceptors (Lipinski definition) is 5. The largest absolute Gasteiger partial charge is 0.497 e. The molecular weight excluding hydrogens is 308 g/mol. The molecule has 2 aromatic rings. The Morgan fingerprint density at radius 3 is 2.21 bits per heavy atom. The van der Waals surface area contributed by atoms with Crippen molar-refractivity contribution in [2.45, 2.75) is 25.4 Å². The van der Waals surface area contributed by atoms with Crippen LogP contribution in [0.2, 0.25) is 0 Å². The molecule has 0 heterocycles. The number of aliphatic hydroxyl groups excluding tert-OH is 2. The highest BCUT2D eigenvalue weighted by molar-refractivity contribution is 5.26. The van der Waals surface area contributed by atoms with E-state index in [1.165, 1.54) is 0 Å². The monoisotopic (exact) mass is 332 g/mol. The standard InChI is InChI=1S/C19H24O5/c1-22-17-9-7-16(8-10-17)12-23-14-19(18(21)11-20)24-13-15-5-3-2-4-6-15/h2-10,18-21H,11-14H2,1H3/t18-,19-/m1/s1. The van der Waals surface area contributed by atoms with Gasteiger partial charge in [0.2, 0.25) is 0 Å². The lowest BCUT2D eigenvalue weighted by molar-refractivity contribution is -0.102. The molecule has 0 aliphatic carbocycles. The van der Waals surface area contributed by atoms with Gasteiger partial charge in [-0.25, -0.2) is 0 Å². The summed E-state index contributed by atoms with van der Waals surface area (Å²) in [6, 6.07) is 17.2. The third-order valence-electron chi connectivity index (χ3n) is 3.63. The molecule has 24 heavy (non-hydrogen) atoms. The van der Waals surface area contributed by atoms with Crippen LogP contribution in [0.15, 0.2) is 54.6 Å². The van der Waals surface area contributed by atoms with Crippen molar-refractivity contribution in [3.05, 3.63) is 65.7 Å². The minimum absolute atomic E-state index is 0.195. The van der Waals surface area contributed by atoms with Gasteiger partial charge in [0.1, 0.15) is 18.0 Å². The molecule has 5 nitrogen and oxygen atoms in total. The van der Waals surface area contributed by atoms with Crippen LogP contribution in [0, 0.1) is 0 Å². The van der Waals surface area contributed by atoms with Gasteiger partial charge < -0.3 is 24.4 Å². The van der Waals surface area contributed by atoms with Crippen molar-refractivity contribution < 1.29 is 24.4 Å². The van der Waals surface area contributed by atoms with Crippen molar-refractivity contribution in [2.24, 2.45) is 0 Å². The van der Waals surface area contributed by atoms with Crippen molar-refractivity contribution in [1.29, 1.82) is 0 Å². The van der Waals surface area contributed by atoms with Crippen molar-refractivity contribution in [1.82, 2.24) is 0 Å². The first-order valence-electron chi connectivity index (χ1n) is 7.88. The van der Waals surface area contributed by atoms with Gasteiger partial charge in [0.25, 0.3) is 0 Å². The average Bonchev–Trinajstić information content (AvgIpc) is 2.65. The molecule has 2 aromatic carbocycles.